The van der Waals surface area contributed by atoms with Crippen LogP contribution in [0.15, 0.2) is 4.99 Å². The Bertz CT molecular complexity index is 68.9. The lowest BCUT2D eigenvalue weighted by Gasteiger charge is -1.92. The Morgan fingerprint density at radius 3 is 2.62 bits per heavy atom. The Hall–Kier alpha value is -0.370. The van der Waals surface area contributed by atoms with Gasteiger partial charge in [-0.3, -0.25) is 4.99 Å². The van der Waals surface area contributed by atoms with E-state index in [9.17, 15) is 0 Å². The topological polar surface area (TPSA) is 21.6 Å². The molecule has 0 aliphatic heterocycles. The smallest absolute Gasteiger partial charge is 0.0810 e. The molecule has 0 saturated carbocycles. The zero-order chi connectivity index (χ0) is 6.41. The third-order valence-corrected chi connectivity index (χ3v) is 0.645. The van der Waals surface area contributed by atoms with Crippen molar-refractivity contribution in [3.8, 4) is 0 Å². The molecule has 0 amide bonds. The largest absolute Gasteiger partial charge is 0.379 e. The van der Waals surface area contributed by atoms with E-state index in [-0.39, 0.29) is 0 Å². The molecule has 0 radical (unpaired) electrons. The van der Waals surface area contributed by atoms with Gasteiger partial charge in [0.1, 0.15) is 0 Å². The van der Waals surface area contributed by atoms with E-state index < -0.39 is 0 Å². The van der Waals surface area contributed by atoms with Gasteiger partial charge in [-0.1, -0.05) is 0 Å². The Morgan fingerprint density at radius 2 is 2.25 bits per heavy atom. The van der Waals surface area contributed by atoms with Crippen LogP contribution in [0.2, 0.25) is 0 Å². The monoisotopic (exact) mass is 115 g/mol. The van der Waals surface area contributed by atoms with Crippen LogP contribution in [-0.2, 0) is 4.74 Å². The summed E-state index contributed by atoms with van der Waals surface area (Å²) in [4.78, 5) is 4.06. The third-order valence-electron chi connectivity index (χ3n) is 0.645. The number of hydrogen-bond acceptors (Lipinski definition) is 2. The van der Waals surface area contributed by atoms with Crippen LogP contribution < -0.4 is 0 Å². The summed E-state index contributed by atoms with van der Waals surface area (Å²) >= 11 is 0. The number of methoxy groups -OCH3 is 1. The predicted octanol–water partition coefficient (Wildman–Crippen LogP) is 1.11. The van der Waals surface area contributed by atoms with Crippen LogP contribution in [0, 0.1) is 0 Å². The maximum absolute atomic E-state index is 4.74. The Labute approximate surface area is 50.6 Å². The van der Waals surface area contributed by atoms with E-state index in [1.807, 2.05) is 13.8 Å². The molecule has 0 aliphatic carbocycles. The maximum Gasteiger partial charge on any atom is 0.0810 e. The maximum atomic E-state index is 4.74. The van der Waals surface area contributed by atoms with Crippen LogP contribution in [0.1, 0.15) is 13.8 Å². The van der Waals surface area contributed by atoms with Gasteiger partial charge in [-0.2, -0.15) is 0 Å². The average molecular weight is 115 g/mol. The second-order valence-corrected chi connectivity index (χ2v) is 1.88. The summed E-state index contributed by atoms with van der Waals surface area (Å²) in [7, 11) is 1.66. The van der Waals surface area contributed by atoms with Crippen molar-refractivity contribution in [3.63, 3.8) is 0 Å². The first-order chi connectivity index (χ1) is 3.77. The summed E-state index contributed by atoms with van der Waals surface area (Å²) in [5.74, 6) is 0. The molecule has 8 heavy (non-hydrogen) atoms. The van der Waals surface area contributed by atoms with Crippen LogP contribution in [-0.4, -0.2) is 26.0 Å². The summed E-state index contributed by atoms with van der Waals surface area (Å²) in [6, 6.07) is 0.394. The van der Waals surface area contributed by atoms with Crippen LogP contribution in [0.4, 0.5) is 0 Å². The minimum Gasteiger partial charge on any atom is -0.379 e. The van der Waals surface area contributed by atoms with Gasteiger partial charge in [0, 0.05) is 19.4 Å². The first-order valence-electron chi connectivity index (χ1n) is 2.78. The van der Waals surface area contributed by atoms with Gasteiger partial charge < -0.3 is 4.74 Å². The molecule has 2 nitrogen and oxygen atoms in total. The van der Waals surface area contributed by atoms with Gasteiger partial charge in [0.15, 0.2) is 0 Å². The SMILES string of the molecule is COCC=NC(C)C. The molecule has 0 aliphatic rings. The van der Waals surface area contributed by atoms with E-state index >= 15 is 0 Å². The quantitative estimate of drug-likeness (QED) is 0.505. The first kappa shape index (κ1) is 7.63. The number of aliphatic imine (C=N–C) groups is 1. The van der Waals surface area contributed by atoms with E-state index in [0.29, 0.717) is 12.6 Å². The van der Waals surface area contributed by atoms with Crippen LogP contribution >= 0.6 is 0 Å². The molecule has 0 bridgehead atoms. The van der Waals surface area contributed by atoms with Crippen LogP contribution in [0.3, 0.4) is 0 Å². The molecule has 0 N–H and O–H groups in total. The van der Waals surface area contributed by atoms with Crippen molar-refractivity contribution in [1.82, 2.24) is 0 Å². The normalized spacial score (nSPS) is 11.5. The summed E-state index contributed by atoms with van der Waals surface area (Å²) in [5.41, 5.74) is 0. The van der Waals surface area contributed by atoms with Gasteiger partial charge in [0.2, 0.25) is 0 Å². The van der Waals surface area contributed by atoms with Gasteiger partial charge >= 0.3 is 0 Å². The molecule has 0 aromatic carbocycles. The second-order valence-electron chi connectivity index (χ2n) is 1.88. The molecule has 0 saturated heterocycles. The Kier molecular flexibility index (Phi) is 4.56. The lowest BCUT2D eigenvalue weighted by Crippen LogP contribution is -1.93. The summed E-state index contributed by atoms with van der Waals surface area (Å²) in [6.45, 7) is 4.69. The van der Waals surface area contributed by atoms with Crippen molar-refractivity contribution >= 4 is 6.21 Å². The van der Waals surface area contributed by atoms with E-state index in [4.69, 9.17) is 4.74 Å². The second kappa shape index (κ2) is 4.78. The van der Waals surface area contributed by atoms with Gasteiger partial charge in [-0.05, 0) is 13.8 Å². The molecule has 0 unspecified atom stereocenters. The lowest BCUT2D eigenvalue weighted by molar-refractivity contribution is 0.248. The molecule has 0 spiro atoms. The lowest BCUT2D eigenvalue weighted by atomic mass is 10.4. The van der Waals surface area contributed by atoms with Gasteiger partial charge in [0.05, 0.1) is 6.61 Å². The molecular weight excluding hydrogens is 102 g/mol. The van der Waals surface area contributed by atoms with Crippen molar-refractivity contribution < 1.29 is 4.74 Å². The zero-order valence-electron chi connectivity index (χ0n) is 5.72. The summed E-state index contributed by atoms with van der Waals surface area (Å²) in [5, 5.41) is 0. The molecular formula is C6H13NO. The molecule has 2 heteroatoms. The van der Waals surface area contributed by atoms with Gasteiger partial charge in [-0.15, -0.1) is 0 Å². The Morgan fingerprint density at radius 1 is 1.62 bits per heavy atom. The summed E-state index contributed by atoms with van der Waals surface area (Å²) < 4.78 is 4.74. The molecule has 48 valence electrons. The molecule has 0 aromatic rings. The highest BCUT2D eigenvalue weighted by molar-refractivity contribution is 5.58. The van der Waals surface area contributed by atoms with Gasteiger partial charge in [0.25, 0.3) is 0 Å². The van der Waals surface area contributed by atoms with Crippen molar-refractivity contribution in [2.24, 2.45) is 4.99 Å². The molecule has 0 aromatic heterocycles. The van der Waals surface area contributed by atoms with Crippen LogP contribution in [0.25, 0.3) is 0 Å². The van der Waals surface area contributed by atoms with E-state index in [0.717, 1.165) is 0 Å². The standard InChI is InChI=1S/C6H13NO/c1-6(2)7-4-5-8-3/h4,6H,5H2,1-3H3. The predicted molar refractivity (Wildman–Crippen MR) is 35.5 cm³/mol. The fourth-order valence-electron chi connectivity index (χ4n) is 0.328. The van der Waals surface area contributed by atoms with Crippen molar-refractivity contribution in [3.05, 3.63) is 0 Å². The van der Waals surface area contributed by atoms with E-state index in [1.54, 1.807) is 13.3 Å². The summed E-state index contributed by atoms with van der Waals surface area (Å²) in [6.07, 6.45) is 1.78. The highest BCUT2D eigenvalue weighted by Gasteiger charge is 1.80. The zero-order valence-corrected chi connectivity index (χ0v) is 5.72. The fraction of sp³-hybridized carbons (Fsp3) is 0.833. The Balaban J connectivity index is 3.07. The van der Waals surface area contributed by atoms with Crippen LogP contribution in [0.5, 0.6) is 0 Å². The minimum absolute atomic E-state index is 0.394. The van der Waals surface area contributed by atoms with Crippen molar-refractivity contribution in [1.29, 1.82) is 0 Å². The fourth-order valence-corrected chi connectivity index (χ4v) is 0.328. The number of ether oxygens (including phenoxy) is 1. The highest BCUT2D eigenvalue weighted by Crippen LogP contribution is 1.81. The highest BCUT2D eigenvalue weighted by atomic mass is 16.5. The number of nitrogens with zero attached hydrogens (tertiary/aromatic N) is 1. The van der Waals surface area contributed by atoms with E-state index in [1.165, 1.54) is 0 Å². The first-order valence-corrected chi connectivity index (χ1v) is 2.78. The number of hydrogen-bond donors (Lipinski definition) is 0. The van der Waals surface area contributed by atoms with Crippen molar-refractivity contribution in [2.75, 3.05) is 13.7 Å². The van der Waals surface area contributed by atoms with E-state index in [2.05, 4.69) is 4.99 Å². The molecule has 0 fully saturated rings. The minimum atomic E-state index is 0.394. The average Bonchev–Trinajstić information content (AvgIpc) is 1.66. The van der Waals surface area contributed by atoms with Gasteiger partial charge in [-0.25, -0.2) is 0 Å². The third kappa shape index (κ3) is 5.63. The number of rotatable bonds is 3. The molecule has 0 heterocycles. The molecule has 0 atom stereocenters. The molecule has 0 rings (SSSR count). The van der Waals surface area contributed by atoms with Crippen molar-refractivity contribution in [2.45, 2.75) is 19.9 Å².